The smallest absolute Gasteiger partial charge is 0.0587 e. The zero-order chi connectivity index (χ0) is 22.5. The van der Waals surface area contributed by atoms with Gasteiger partial charge in [0.2, 0.25) is 0 Å². The fourth-order valence-corrected chi connectivity index (χ4v) is 6.90. The molecule has 0 heterocycles. The predicted molar refractivity (Wildman–Crippen MR) is 137 cm³/mol. The molecule has 0 bridgehead atoms. The topological polar surface area (TPSA) is 0 Å². The number of hydrogen-bond donors (Lipinski definition) is 0. The Hall–Kier alpha value is -3.12. The van der Waals surface area contributed by atoms with Crippen LogP contribution in [-0.2, 0) is 18.3 Å². The Morgan fingerprint density at radius 3 is 1.45 bits per heavy atom. The molecular weight excluding hydrogens is 396 g/mol. The van der Waals surface area contributed by atoms with Gasteiger partial charge in [0.05, 0.1) is 5.41 Å². The molecule has 2 unspecified atom stereocenters. The Balaban J connectivity index is 1.63. The largest absolute Gasteiger partial charge is 0.0713 e. The third-order valence-corrected chi connectivity index (χ3v) is 8.72. The van der Waals surface area contributed by atoms with E-state index in [9.17, 15) is 0 Å². The lowest BCUT2D eigenvalue weighted by Gasteiger charge is -2.38. The lowest BCUT2D eigenvalue weighted by Crippen LogP contribution is -2.31. The summed E-state index contributed by atoms with van der Waals surface area (Å²) < 4.78 is 0. The van der Waals surface area contributed by atoms with Crippen LogP contribution in [0, 0.1) is 13.8 Å². The van der Waals surface area contributed by atoms with Gasteiger partial charge in [-0.25, -0.2) is 0 Å². The number of aryl methyl sites for hydroxylation is 2. The van der Waals surface area contributed by atoms with Crippen LogP contribution in [0.1, 0.15) is 81.3 Å². The maximum absolute atomic E-state index is 2.54. The van der Waals surface area contributed by atoms with Gasteiger partial charge in [0.25, 0.3) is 0 Å². The summed E-state index contributed by atoms with van der Waals surface area (Å²) >= 11 is 0. The van der Waals surface area contributed by atoms with Crippen LogP contribution in [0.5, 0.6) is 0 Å². The van der Waals surface area contributed by atoms with E-state index in [0.29, 0.717) is 11.8 Å². The van der Waals surface area contributed by atoms with E-state index < -0.39 is 0 Å². The van der Waals surface area contributed by atoms with Gasteiger partial charge in [0, 0.05) is 0 Å². The van der Waals surface area contributed by atoms with E-state index in [1.54, 1.807) is 11.1 Å². The van der Waals surface area contributed by atoms with E-state index in [0.717, 1.165) is 0 Å². The molecule has 33 heavy (non-hydrogen) atoms. The normalized spacial score (nSPS) is 20.7. The van der Waals surface area contributed by atoms with E-state index in [1.807, 2.05) is 0 Å². The molecule has 2 atom stereocenters. The Morgan fingerprint density at radius 1 is 0.576 bits per heavy atom. The molecule has 4 aromatic carbocycles. The second kappa shape index (κ2) is 6.48. The van der Waals surface area contributed by atoms with E-state index in [4.69, 9.17) is 0 Å². The fourth-order valence-electron chi connectivity index (χ4n) is 6.90. The third kappa shape index (κ3) is 2.42. The van der Waals surface area contributed by atoms with Crippen LogP contribution >= 0.6 is 0 Å². The maximum atomic E-state index is 2.54. The van der Waals surface area contributed by atoms with E-state index in [-0.39, 0.29) is 5.41 Å². The number of benzene rings is 4. The SMILES string of the molecule is Cc1ccc2c(c1)C(c1ccc3c(c1)C(C)C3)(c1ccc3c(c1)C(C)C3)c1cc(C)ccc1-2. The minimum atomic E-state index is -0.266. The van der Waals surface area contributed by atoms with Crippen molar-refractivity contribution in [3.05, 3.63) is 128 Å². The first-order valence-corrected chi connectivity index (χ1v) is 12.5. The molecule has 7 rings (SSSR count). The molecule has 0 heteroatoms. The number of fused-ring (bicyclic) bond motifs is 5. The molecule has 0 nitrogen and oxygen atoms in total. The van der Waals surface area contributed by atoms with Crippen LogP contribution in [0.25, 0.3) is 11.1 Å². The van der Waals surface area contributed by atoms with Crippen molar-refractivity contribution in [2.75, 3.05) is 0 Å². The van der Waals surface area contributed by atoms with Gasteiger partial charge in [-0.1, -0.05) is 97.8 Å². The van der Waals surface area contributed by atoms with Crippen molar-refractivity contribution >= 4 is 0 Å². The maximum Gasteiger partial charge on any atom is 0.0713 e. The van der Waals surface area contributed by atoms with Crippen molar-refractivity contribution in [2.45, 2.75) is 57.8 Å². The monoisotopic (exact) mass is 426 g/mol. The Bertz CT molecular complexity index is 1350. The summed E-state index contributed by atoms with van der Waals surface area (Å²) in [5, 5.41) is 0. The molecule has 0 saturated heterocycles. The van der Waals surface area contributed by atoms with Gasteiger partial charge in [-0.05, 0) is 94.2 Å². The third-order valence-electron chi connectivity index (χ3n) is 8.72. The van der Waals surface area contributed by atoms with Crippen molar-refractivity contribution in [2.24, 2.45) is 0 Å². The highest BCUT2D eigenvalue weighted by Gasteiger charge is 2.47. The molecule has 0 amide bonds. The van der Waals surface area contributed by atoms with Crippen molar-refractivity contribution < 1.29 is 0 Å². The molecule has 3 aliphatic carbocycles. The van der Waals surface area contributed by atoms with Crippen molar-refractivity contribution in [3.63, 3.8) is 0 Å². The molecule has 0 aliphatic heterocycles. The second-order valence-electron chi connectivity index (χ2n) is 10.9. The lowest BCUT2D eigenvalue weighted by molar-refractivity contribution is 0.649. The summed E-state index contributed by atoms with van der Waals surface area (Å²) in [4.78, 5) is 0. The molecule has 0 spiro atoms. The fraction of sp³-hybridized carbons (Fsp3) is 0.273. The highest BCUT2D eigenvalue weighted by Crippen LogP contribution is 2.58. The van der Waals surface area contributed by atoms with Crippen LogP contribution in [0.2, 0.25) is 0 Å². The molecule has 0 radical (unpaired) electrons. The minimum Gasteiger partial charge on any atom is -0.0587 e. The molecule has 4 aromatic rings. The summed E-state index contributed by atoms with van der Waals surface area (Å²) in [6.45, 7) is 9.21. The standard InChI is InChI=1S/C33H30/c1-19-5-11-27-28-12-6-20(2)14-32(28)33(31(27)13-19,25-9-7-23-15-21(3)29(23)17-25)26-10-8-24-16-22(4)30(24)18-26/h5-14,17-18,21-22H,15-16H2,1-4H3. The average molecular weight is 427 g/mol. The van der Waals surface area contributed by atoms with Crippen molar-refractivity contribution in [1.82, 2.24) is 0 Å². The van der Waals surface area contributed by atoms with Crippen LogP contribution in [0.4, 0.5) is 0 Å². The van der Waals surface area contributed by atoms with Gasteiger partial charge < -0.3 is 0 Å². The first-order valence-electron chi connectivity index (χ1n) is 12.5. The van der Waals surface area contributed by atoms with Crippen LogP contribution in [-0.4, -0.2) is 0 Å². The Kier molecular flexibility index (Phi) is 3.80. The summed E-state index contributed by atoms with van der Waals surface area (Å²) in [6, 6.07) is 28.9. The molecular formula is C33H30. The molecule has 3 aliphatic rings. The van der Waals surface area contributed by atoms with Gasteiger partial charge in [-0.15, -0.1) is 0 Å². The number of rotatable bonds is 2. The molecule has 0 saturated carbocycles. The van der Waals surface area contributed by atoms with E-state index >= 15 is 0 Å². The summed E-state index contributed by atoms with van der Waals surface area (Å²) in [5.41, 5.74) is 17.1. The summed E-state index contributed by atoms with van der Waals surface area (Å²) in [6.07, 6.45) is 2.43. The van der Waals surface area contributed by atoms with Gasteiger partial charge >= 0.3 is 0 Å². The molecule has 0 fully saturated rings. The lowest BCUT2D eigenvalue weighted by atomic mass is 9.64. The van der Waals surface area contributed by atoms with Crippen molar-refractivity contribution in [3.8, 4) is 11.1 Å². The van der Waals surface area contributed by atoms with Gasteiger partial charge in [-0.3, -0.25) is 0 Å². The summed E-state index contributed by atoms with van der Waals surface area (Å²) in [5.74, 6) is 1.31. The molecule has 0 N–H and O–H groups in total. The molecule has 162 valence electrons. The van der Waals surface area contributed by atoms with Crippen molar-refractivity contribution in [1.29, 1.82) is 0 Å². The first kappa shape index (κ1) is 19.4. The quantitative estimate of drug-likeness (QED) is 0.268. The molecule has 0 aromatic heterocycles. The Morgan fingerprint density at radius 2 is 1.03 bits per heavy atom. The van der Waals surface area contributed by atoms with Gasteiger partial charge in [-0.2, -0.15) is 0 Å². The zero-order valence-electron chi connectivity index (χ0n) is 20.0. The van der Waals surface area contributed by atoms with Crippen LogP contribution in [0.3, 0.4) is 0 Å². The predicted octanol–water partition coefficient (Wildman–Crippen LogP) is 7.99. The average Bonchev–Trinajstić information content (AvgIpc) is 3.07. The van der Waals surface area contributed by atoms with Crippen LogP contribution < -0.4 is 0 Å². The summed E-state index contributed by atoms with van der Waals surface area (Å²) in [7, 11) is 0. The second-order valence-corrected chi connectivity index (χ2v) is 10.9. The zero-order valence-corrected chi connectivity index (χ0v) is 20.0. The van der Waals surface area contributed by atoms with E-state index in [1.165, 1.54) is 68.5 Å². The highest BCUT2D eigenvalue weighted by molar-refractivity contribution is 5.87. The Labute approximate surface area is 197 Å². The highest BCUT2D eigenvalue weighted by atomic mass is 14.5. The minimum absolute atomic E-state index is 0.266. The van der Waals surface area contributed by atoms with Gasteiger partial charge in [0.15, 0.2) is 0 Å². The van der Waals surface area contributed by atoms with Gasteiger partial charge in [0.1, 0.15) is 0 Å². The number of hydrogen-bond acceptors (Lipinski definition) is 0. The van der Waals surface area contributed by atoms with Crippen LogP contribution in [0.15, 0.2) is 72.8 Å². The van der Waals surface area contributed by atoms with E-state index in [2.05, 4.69) is 100 Å². The first-order chi connectivity index (χ1) is 16.0.